The van der Waals surface area contributed by atoms with Crippen LogP contribution in [0, 0.1) is 0 Å². The van der Waals surface area contributed by atoms with E-state index in [0.717, 1.165) is 18.7 Å². The molecule has 5 heteroatoms. The van der Waals surface area contributed by atoms with E-state index in [1.807, 2.05) is 25.1 Å². The number of amides is 2. The van der Waals surface area contributed by atoms with Crippen molar-refractivity contribution in [3.63, 3.8) is 0 Å². The van der Waals surface area contributed by atoms with Crippen LogP contribution in [0.25, 0.3) is 0 Å². The predicted molar refractivity (Wildman–Crippen MR) is 77.2 cm³/mol. The molecule has 1 aliphatic heterocycles. The fraction of sp³-hybridized carbons (Fsp3) is 0.467. The summed E-state index contributed by atoms with van der Waals surface area (Å²) in [6.45, 7) is 5.89. The van der Waals surface area contributed by atoms with Gasteiger partial charge in [0, 0.05) is 32.2 Å². The number of fused-ring (bicyclic) bond motifs is 1. The molecule has 108 valence electrons. The molecule has 1 aromatic carbocycles. The lowest BCUT2D eigenvalue weighted by molar-refractivity contribution is -0.131. The maximum Gasteiger partial charge on any atom is 0.251 e. The normalized spacial score (nSPS) is 14.6. The number of nitrogens with zero attached hydrogens (tertiary/aromatic N) is 1. The molecule has 1 atom stereocenters. The van der Waals surface area contributed by atoms with E-state index < -0.39 is 6.04 Å². The van der Waals surface area contributed by atoms with Crippen LogP contribution in [0.15, 0.2) is 18.2 Å². The van der Waals surface area contributed by atoms with Gasteiger partial charge >= 0.3 is 0 Å². The fourth-order valence-corrected chi connectivity index (χ4v) is 2.26. The van der Waals surface area contributed by atoms with Crippen LogP contribution < -0.4 is 10.6 Å². The molecule has 5 nitrogen and oxygen atoms in total. The first-order chi connectivity index (χ1) is 9.52. The molecule has 1 aliphatic rings. The van der Waals surface area contributed by atoms with Gasteiger partial charge in [0.25, 0.3) is 5.91 Å². The van der Waals surface area contributed by atoms with E-state index in [9.17, 15) is 9.59 Å². The molecule has 1 heterocycles. The number of rotatable bonds is 4. The molecule has 2 amide bonds. The first-order valence-corrected chi connectivity index (χ1v) is 6.91. The molecule has 2 N–H and O–H groups in total. The van der Waals surface area contributed by atoms with Gasteiger partial charge in [-0.1, -0.05) is 6.07 Å². The zero-order valence-corrected chi connectivity index (χ0v) is 12.2. The number of carbonyl (C=O) groups excluding carboxylic acids is 2. The molecule has 0 radical (unpaired) electrons. The Balaban J connectivity index is 2.03. The van der Waals surface area contributed by atoms with Crippen LogP contribution in [0.1, 0.15) is 35.3 Å². The number of benzene rings is 1. The van der Waals surface area contributed by atoms with E-state index in [0.29, 0.717) is 12.1 Å². The summed E-state index contributed by atoms with van der Waals surface area (Å²) in [4.78, 5) is 25.7. The van der Waals surface area contributed by atoms with E-state index in [2.05, 4.69) is 10.6 Å². The monoisotopic (exact) mass is 275 g/mol. The standard InChI is InChI=1S/C15H21N3O2/c1-4-18(3)15(20)10(2)17-14(19)11-5-6-12-8-16-9-13(12)7-11/h5-7,10,16H,4,8-9H2,1-3H3,(H,17,19). The molecular formula is C15H21N3O2. The van der Waals surface area contributed by atoms with Crippen molar-refractivity contribution in [3.05, 3.63) is 34.9 Å². The van der Waals surface area contributed by atoms with Crippen molar-refractivity contribution in [2.75, 3.05) is 13.6 Å². The topological polar surface area (TPSA) is 61.4 Å². The smallest absolute Gasteiger partial charge is 0.251 e. The summed E-state index contributed by atoms with van der Waals surface area (Å²) >= 11 is 0. The lowest BCUT2D eigenvalue weighted by Crippen LogP contribution is -2.45. The third kappa shape index (κ3) is 2.99. The molecule has 0 fully saturated rings. The van der Waals surface area contributed by atoms with Crippen molar-refractivity contribution in [3.8, 4) is 0 Å². The van der Waals surface area contributed by atoms with Gasteiger partial charge in [-0.2, -0.15) is 0 Å². The molecule has 1 aromatic rings. The number of hydrogen-bond donors (Lipinski definition) is 2. The van der Waals surface area contributed by atoms with Gasteiger partial charge in [-0.3, -0.25) is 9.59 Å². The third-order valence-electron chi connectivity index (χ3n) is 3.67. The highest BCUT2D eigenvalue weighted by Crippen LogP contribution is 2.17. The summed E-state index contributed by atoms with van der Waals surface area (Å²) in [5.41, 5.74) is 2.99. The minimum absolute atomic E-state index is 0.0799. The minimum atomic E-state index is -0.515. The summed E-state index contributed by atoms with van der Waals surface area (Å²) in [6, 6.07) is 5.15. The Labute approximate surface area is 119 Å². The van der Waals surface area contributed by atoms with Crippen LogP contribution in [0.2, 0.25) is 0 Å². The average molecular weight is 275 g/mol. The van der Waals surface area contributed by atoms with Gasteiger partial charge in [-0.15, -0.1) is 0 Å². The number of carbonyl (C=O) groups is 2. The van der Waals surface area contributed by atoms with E-state index >= 15 is 0 Å². The van der Waals surface area contributed by atoms with Gasteiger partial charge in [-0.05, 0) is 37.1 Å². The zero-order valence-electron chi connectivity index (χ0n) is 12.2. The highest BCUT2D eigenvalue weighted by Gasteiger charge is 2.20. The van der Waals surface area contributed by atoms with Gasteiger partial charge in [0.2, 0.25) is 5.91 Å². The maximum atomic E-state index is 12.2. The zero-order chi connectivity index (χ0) is 14.7. The highest BCUT2D eigenvalue weighted by molar-refractivity contribution is 5.97. The van der Waals surface area contributed by atoms with Crippen molar-refractivity contribution in [2.45, 2.75) is 33.0 Å². The summed E-state index contributed by atoms with van der Waals surface area (Å²) in [7, 11) is 1.73. The molecule has 2 rings (SSSR count). The predicted octanol–water partition coefficient (Wildman–Crippen LogP) is 0.886. The molecule has 0 saturated heterocycles. The Hall–Kier alpha value is -1.88. The Morgan fingerprint density at radius 1 is 1.35 bits per heavy atom. The second-order valence-electron chi connectivity index (χ2n) is 5.13. The summed E-state index contributed by atoms with van der Waals surface area (Å²) in [5, 5.41) is 5.99. The molecular weight excluding hydrogens is 254 g/mol. The van der Waals surface area contributed by atoms with Gasteiger partial charge in [-0.25, -0.2) is 0 Å². The summed E-state index contributed by atoms with van der Waals surface area (Å²) in [6.07, 6.45) is 0. The van der Waals surface area contributed by atoms with Crippen LogP contribution in [-0.2, 0) is 17.9 Å². The second-order valence-corrected chi connectivity index (χ2v) is 5.13. The molecule has 0 spiro atoms. The third-order valence-corrected chi connectivity index (χ3v) is 3.67. The molecule has 1 unspecified atom stereocenters. The van der Waals surface area contributed by atoms with Crippen LogP contribution in [-0.4, -0.2) is 36.3 Å². The van der Waals surface area contributed by atoms with Gasteiger partial charge < -0.3 is 15.5 Å². The van der Waals surface area contributed by atoms with E-state index in [1.54, 1.807) is 18.9 Å². The largest absolute Gasteiger partial charge is 0.344 e. The van der Waals surface area contributed by atoms with Gasteiger partial charge in [0.05, 0.1) is 0 Å². The Kier molecular flexibility index (Phi) is 4.39. The lowest BCUT2D eigenvalue weighted by Gasteiger charge is -2.20. The maximum absolute atomic E-state index is 12.2. The van der Waals surface area contributed by atoms with Crippen molar-refractivity contribution >= 4 is 11.8 Å². The minimum Gasteiger partial charge on any atom is -0.344 e. The van der Waals surface area contributed by atoms with E-state index in [-0.39, 0.29) is 11.8 Å². The van der Waals surface area contributed by atoms with Crippen LogP contribution in [0.5, 0.6) is 0 Å². The van der Waals surface area contributed by atoms with Crippen LogP contribution in [0.4, 0.5) is 0 Å². The number of hydrogen-bond acceptors (Lipinski definition) is 3. The van der Waals surface area contributed by atoms with Gasteiger partial charge in [0.1, 0.15) is 6.04 Å². The van der Waals surface area contributed by atoms with Crippen molar-refractivity contribution in [1.29, 1.82) is 0 Å². The molecule has 0 saturated carbocycles. The fourth-order valence-electron chi connectivity index (χ4n) is 2.26. The SMILES string of the molecule is CCN(C)C(=O)C(C)NC(=O)c1ccc2c(c1)CNC2. The van der Waals surface area contributed by atoms with Crippen molar-refractivity contribution in [2.24, 2.45) is 0 Å². The Bertz CT molecular complexity index is 528. The molecule has 20 heavy (non-hydrogen) atoms. The van der Waals surface area contributed by atoms with Crippen LogP contribution >= 0.6 is 0 Å². The highest BCUT2D eigenvalue weighted by atomic mass is 16.2. The van der Waals surface area contributed by atoms with Crippen LogP contribution in [0.3, 0.4) is 0 Å². The quantitative estimate of drug-likeness (QED) is 0.858. The molecule has 0 aromatic heterocycles. The number of nitrogens with one attached hydrogen (secondary N) is 2. The van der Waals surface area contributed by atoms with Gasteiger partial charge in [0.15, 0.2) is 0 Å². The van der Waals surface area contributed by atoms with Crippen molar-refractivity contribution in [1.82, 2.24) is 15.5 Å². The molecule has 0 bridgehead atoms. The number of likely N-dealkylation sites (N-methyl/N-ethyl adjacent to an activating group) is 1. The first-order valence-electron chi connectivity index (χ1n) is 6.91. The first kappa shape index (κ1) is 14.5. The van der Waals surface area contributed by atoms with Crippen molar-refractivity contribution < 1.29 is 9.59 Å². The Morgan fingerprint density at radius 3 is 2.75 bits per heavy atom. The molecule has 0 aliphatic carbocycles. The average Bonchev–Trinajstić information content (AvgIpc) is 2.92. The summed E-state index contributed by atoms with van der Waals surface area (Å²) in [5.74, 6) is -0.284. The summed E-state index contributed by atoms with van der Waals surface area (Å²) < 4.78 is 0. The van der Waals surface area contributed by atoms with E-state index in [4.69, 9.17) is 0 Å². The Morgan fingerprint density at radius 2 is 2.05 bits per heavy atom. The second kappa shape index (κ2) is 6.05. The van der Waals surface area contributed by atoms with E-state index in [1.165, 1.54) is 5.56 Å². The lowest BCUT2D eigenvalue weighted by atomic mass is 10.1.